The highest BCUT2D eigenvalue weighted by atomic mass is 35.5. The van der Waals surface area contributed by atoms with Gasteiger partial charge in [-0.05, 0) is 30.0 Å². The Balaban J connectivity index is 3.05. The van der Waals surface area contributed by atoms with Crippen LogP contribution in [-0.2, 0) is 0 Å². The fourth-order valence-corrected chi connectivity index (χ4v) is 1.08. The zero-order valence-electron chi connectivity index (χ0n) is 7.11. The summed E-state index contributed by atoms with van der Waals surface area (Å²) in [6.07, 6.45) is 0. The second-order valence-electron chi connectivity index (χ2n) is 2.96. The maximum atomic E-state index is 5.94. The van der Waals surface area contributed by atoms with Crippen LogP contribution < -0.4 is 0 Å². The van der Waals surface area contributed by atoms with Gasteiger partial charge < -0.3 is 0 Å². The average Bonchev–Trinajstić information content (AvgIpc) is 1.94. The van der Waals surface area contributed by atoms with Crippen LogP contribution in [0.25, 0.3) is 0 Å². The zero-order chi connectivity index (χ0) is 8.43. The molecule has 1 heteroatoms. The highest BCUT2D eigenvalue weighted by Gasteiger charge is 2.01. The Hall–Kier alpha value is -0.490. The molecule has 0 aromatic heterocycles. The van der Waals surface area contributed by atoms with Gasteiger partial charge in [0.25, 0.3) is 0 Å². The molecule has 0 heterocycles. The van der Waals surface area contributed by atoms with Gasteiger partial charge in [0.2, 0.25) is 0 Å². The molecule has 59 valence electrons. The molecule has 0 amide bonds. The first-order valence-electron chi connectivity index (χ1n) is 3.68. The van der Waals surface area contributed by atoms with Crippen LogP contribution in [0.2, 0.25) is 5.02 Å². The van der Waals surface area contributed by atoms with E-state index in [9.17, 15) is 0 Å². The van der Waals surface area contributed by atoms with Gasteiger partial charge in [-0.3, -0.25) is 0 Å². The van der Waals surface area contributed by atoms with Crippen LogP contribution in [0.5, 0.6) is 0 Å². The van der Waals surface area contributed by atoms with Crippen molar-refractivity contribution in [3.05, 3.63) is 40.3 Å². The summed E-state index contributed by atoms with van der Waals surface area (Å²) in [5.41, 5.74) is 2.36. The van der Waals surface area contributed by atoms with Gasteiger partial charge in [-0.1, -0.05) is 37.6 Å². The first-order valence-corrected chi connectivity index (χ1v) is 4.05. The van der Waals surface area contributed by atoms with Crippen molar-refractivity contribution in [2.24, 2.45) is 0 Å². The van der Waals surface area contributed by atoms with Crippen molar-refractivity contribution in [3.63, 3.8) is 0 Å². The maximum Gasteiger partial charge on any atom is 0.0438 e. The first kappa shape index (κ1) is 8.61. The highest BCUT2D eigenvalue weighted by Crippen LogP contribution is 2.21. The Bertz CT molecular complexity index is 251. The van der Waals surface area contributed by atoms with E-state index in [1.807, 2.05) is 19.1 Å². The van der Waals surface area contributed by atoms with Crippen molar-refractivity contribution >= 4 is 11.6 Å². The summed E-state index contributed by atoms with van der Waals surface area (Å²) in [6.45, 7) is 6.18. The quantitative estimate of drug-likeness (QED) is 0.600. The van der Waals surface area contributed by atoms with E-state index in [0.717, 1.165) is 10.6 Å². The van der Waals surface area contributed by atoms with Crippen molar-refractivity contribution in [1.29, 1.82) is 0 Å². The molecule has 0 N–H and O–H groups in total. The van der Waals surface area contributed by atoms with Crippen molar-refractivity contribution in [2.45, 2.75) is 20.8 Å². The molecule has 0 bridgehead atoms. The number of hydrogen-bond acceptors (Lipinski definition) is 0. The molecule has 0 saturated heterocycles. The van der Waals surface area contributed by atoms with Crippen LogP contribution in [0.15, 0.2) is 18.2 Å². The molecule has 1 rings (SSSR count). The number of aryl methyl sites for hydroxylation is 1. The zero-order valence-corrected chi connectivity index (χ0v) is 7.87. The van der Waals surface area contributed by atoms with Gasteiger partial charge in [-0.25, -0.2) is 0 Å². The van der Waals surface area contributed by atoms with Crippen LogP contribution in [0, 0.1) is 12.8 Å². The van der Waals surface area contributed by atoms with Gasteiger partial charge >= 0.3 is 0 Å². The number of hydrogen-bond donors (Lipinski definition) is 0. The van der Waals surface area contributed by atoms with Crippen LogP contribution >= 0.6 is 11.6 Å². The highest BCUT2D eigenvalue weighted by molar-refractivity contribution is 6.31. The number of benzene rings is 1. The summed E-state index contributed by atoms with van der Waals surface area (Å²) in [6, 6.07) is 6.15. The molecular formula is C10H12Cl. The summed E-state index contributed by atoms with van der Waals surface area (Å²) in [5, 5.41) is 0.851. The largest absolute Gasteiger partial charge is 0.0840 e. The van der Waals surface area contributed by atoms with E-state index >= 15 is 0 Å². The normalized spacial score (nSPS) is 10.6. The molecule has 11 heavy (non-hydrogen) atoms. The van der Waals surface area contributed by atoms with Crippen molar-refractivity contribution in [1.82, 2.24) is 0 Å². The Labute approximate surface area is 73.2 Å². The molecule has 0 spiro atoms. The Morgan fingerprint density at radius 3 is 2.36 bits per heavy atom. The van der Waals surface area contributed by atoms with Gasteiger partial charge in [-0.2, -0.15) is 0 Å². The van der Waals surface area contributed by atoms with Gasteiger partial charge in [0, 0.05) is 5.02 Å². The summed E-state index contributed by atoms with van der Waals surface area (Å²) in [7, 11) is 0. The lowest BCUT2D eigenvalue weighted by Crippen LogP contribution is -1.88. The molecule has 1 aromatic rings. The van der Waals surface area contributed by atoms with Crippen LogP contribution in [0.3, 0.4) is 0 Å². The van der Waals surface area contributed by atoms with E-state index in [1.54, 1.807) is 0 Å². The van der Waals surface area contributed by atoms with Gasteiger partial charge in [-0.15, -0.1) is 0 Å². The third-order valence-corrected chi connectivity index (χ3v) is 2.16. The summed E-state index contributed by atoms with van der Waals surface area (Å²) < 4.78 is 0. The van der Waals surface area contributed by atoms with E-state index in [1.165, 1.54) is 11.5 Å². The van der Waals surface area contributed by atoms with Crippen molar-refractivity contribution in [3.8, 4) is 0 Å². The van der Waals surface area contributed by atoms with Gasteiger partial charge in [0.15, 0.2) is 0 Å². The number of halogens is 1. The summed E-state index contributed by atoms with van der Waals surface area (Å²) in [5.74, 6) is 1.30. The van der Waals surface area contributed by atoms with E-state index in [-0.39, 0.29) is 0 Å². The van der Waals surface area contributed by atoms with E-state index < -0.39 is 0 Å². The van der Waals surface area contributed by atoms with E-state index in [0.29, 0.717) is 0 Å². The maximum absolute atomic E-state index is 5.94. The molecule has 0 atom stereocenters. The van der Waals surface area contributed by atoms with Gasteiger partial charge in [0.1, 0.15) is 0 Å². The molecule has 1 radical (unpaired) electrons. The Morgan fingerprint density at radius 1 is 1.27 bits per heavy atom. The number of rotatable bonds is 1. The van der Waals surface area contributed by atoms with Crippen LogP contribution in [0.4, 0.5) is 0 Å². The molecule has 0 saturated carbocycles. The lowest BCUT2D eigenvalue weighted by Gasteiger charge is -2.05. The van der Waals surface area contributed by atoms with E-state index in [4.69, 9.17) is 11.6 Å². The minimum absolute atomic E-state index is 0.851. The summed E-state index contributed by atoms with van der Waals surface area (Å²) in [4.78, 5) is 0. The smallest absolute Gasteiger partial charge is 0.0438 e. The lowest BCUT2D eigenvalue weighted by atomic mass is 10.0. The van der Waals surface area contributed by atoms with Crippen LogP contribution in [-0.4, -0.2) is 0 Å². The predicted molar refractivity (Wildman–Crippen MR) is 49.9 cm³/mol. The van der Waals surface area contributed by atoms with E-state index in [2.05, 4.69) is 19.9 Å². The van der Waals surface area contributed by atoms with Crippen molar-refractivity contribution < 1.29 is 0 Å². The molecule has 0 aliphatic carbocycles. The fourth-order valence-electron chi connectivity index (χ4n) is 0.904. The lowest BCUT2D eigenvalue weighted by molar-refractivity contribution is 1.14. The Morgan fingerprint density at radius 2 is 1.91 bits per heavy atom. The minimum atomic E-state index is 0.851. The SMILES string of the molecule is C[C](C)c1ccc(C)c(Cl)c1. The molecule has 0 aliphatic rings. The first-order chi connectivity index (χ1) is 5.11. The van der Waals surface area contributed by atoms with Crippen LogP contribution in [0.1, 0.15) is 25.0 Å². The average molecular weight is 168 g/mol. The molecule has 0 unspecified atom stereocenters. The third-order valence-electron chi connectivity index (χ3n) is 1.75. The molecule has 0 nitrogen and oxygen atoms in total. The standard InChI is InChI=1S/C10H12Cl/c1-7(2)9-5-4-8(3)10(11)6-9/h4-6H,1-3H3. The molecule has 0 fully saturated rings. The fraction of sp³-hybridized carbons (Fsp3) is 0.300. The Kier molecular flexibility index (Phi) is 2.56. The monoisotopic (exact) mass is 167 g/mol. The van der Waals surface area contributed by atoms with Crippen molar-refractivity contribution in [2.75, 3.05) is 0 Å². The second kappa shape index (κ2) is 3.27. The second-order valence-corrected chi connectivity index (χ2v) is 3.37. The molecular weight excluding hydrogens is 156 g/mol. The summed E-state index contributed by atoms with van der Waals surface area (Å²) >= 11 is 5.94. The molecule has 1 aromatic carbocycles. The predicted octanol–water partition coefficient (Wildman–Crippen LogP) is 3.61. The topological polar surface area (TPSA) is 0 Å². The minimum Gasteiger partial charge on any atom is -0.0840 e. The molecule has 0 aliphatic heterocycles. The van der Waals surface area contributed by atoms with Gasteiger partial charge in [0.05, 0.1) is 0 Å². The third kappa shape index (κ3) is 1.97.